The van der Waals surface area contributed by atoms with E-state index in [2.05, 4.69) is 20.5 Å². The van der Waals surface area contributed by atoms with Crippen molar-refractivity contribution in [2.24, 2.45) is 20.5 Å². The van der Waals surface area contributed by atoms with Crippen LogP contribution in [0.1, 0.15) is 20.7 Å². The van der Waals surface area contributed by atoms with Gasteiger partial charge in [0, 0.05) is 12.1 Å². The number of rotatable bonds is 7. The van der Waals surface area contributed by atoms with Gasteiger partial charge in [-0.05, 0) is 59.7 Å². The average Bonchev–Trinajstić information content (AvgIpc) is 2.87. The monoisotopic (exact) mass is 450 g/mol. The minimum absolute atomic E-state index is 0.140. The van der Waals surface area contributed by atoms with Gasteiger partial charge >= 0.3 is 0 Å². The molecule has 0 radical (unpaired) electrons. The van der Waals surface area contributed by atoms with Crippen LogP contribution in [-0.2, 0) is 0 Å². The number of carbonyl (C=O) groups is 2. The van der Waals surface area contributed by atoms with Gasteiger partial charge in [-0.1, -0.05) is 24.3 Å². The van der Waals surface area contributed by atoms with Gasteiger partial charge in [-0.3, -0.25) is 9.59 Å². The number of hydrogen-bond acceptors (Lipinski definition) is 8. The van der Waals surface area contributed by atoms with Crippen LogP contribution < -0.4 is 0 Å². The normalized spacial score (nSPS) is 11.2. The van der Waals surface area contributed by atoms with Crippen LogP contribution in [0.2, 0.25) is 0 Å². The Labute approximate surface area is 194 Å². The SMILES string of the molecule is O=Cc1ccc(N=Nc2ccc(-c3ccc(N=Nc4ccc(C=O)c(O)c4)cc3)cc2)cc1O. The topological polar surface area (TPSA) is 124 Å². The van der Waals surface area contributed by atoms with E-state index in [0.29, 0.717) is 35.3 Å². The quantitative estimate of drug-likeness (QED) is 0.228. The van der Waals surface area contributed by atoms with E-state index >= 15 is 0 Å². The van der Waals surface area contributed by atoms with Gasteiger partial charge in [0.15, 0.2) is 12.6 Å². The molecule has 0 aliphatic rings. The second kappa shape index (κ2) is 10.1. The van der Waals surface area contributed by atoms with E-state index in [1.165, 1.54) is 24.3 Å². The zero-order chi connectivity index (χ0) is 23.9. The minimum Gasteiger partial charge on any atom is -0.507 e. The third-order valence-corrected chi connectivity index (χ3v) is 4.91. The average molecular weight is 450 g/mol. The molecule has 0 fully saturated rings. The molecule has 0 unspecified atom stereocenters. The number of benzene rings is 4. The Morgan fingerprint density at radius 1 is 0.471 bits per heavy atom. The van der Waals surface area contributed by atoms with Crippen LogP contribution in [-0.4, -0.2) is 22.8 Å². The van der Waals surface area contributed by atoms with Gasteiger partial charge < -0.3 is 10.2 Å². The molecule has 0 aromatic heterocycles. The summed E-state index contributed by atoms with van der Waals surface area (Å²) in [4.78, 5) is 21.5. The Morgan fingerprint density at radius 2 is 0.794 bits per heavy atom. The third-order valence-electron chi connectivity index (χ3n) is 4.91. The molecule has 4 rings (SSSR count). The largest absolute Gasteiger partial charge is 0.507 e. The molecule has 8 heteroatoms. The molecule has 0 bridgehead atoms. The Kier molecular flexibility index (Phi) is 6.60. The van der Waals surface area contributed by atoms with Gasteiger partial charge in [0.1, 0.15) is 11.5 Å². The fourth-order valence-corrected chi connectivity index (χ4v) is 3.06. The first-order valence-electron chi connectivity index (χ1n) is 10.2. The summed E-state index contributed by atoms with van der Waals surface area (Å²) in [5.41, 5.74) is 4.49. The fourth-order valence-electron chi connectivity index (χ4n) is 3.06. The van der Waals surface area contributed by atoms with Crippen molar-refractivity contribution in [3.05, 3.63) is 96.1 Å². The summed E-state index contributed by atoms with van der Waals surface area (Å²) in [5.74, 6) is -0.280. The van der Waals surface area contributed by atoms with Crippen LogP contribution in [0.15, 0.2) is 105 Å². The molecule has 0 saturated carbocycles. The molecule has 34 heavy (non-hydrogen) atoms. The van der Waals surface area contributed by atoms with Gasteiger partial charge in [0.2, 0.25) is 0 Å². The van der Waals surface area contributed by atoms with Crippen molar-refractivity contribution >= 4 is 35.3 Å². The van der Waals surface area contributed by atoms with Crippen molar-refractivity contribution in [1.82, 2.24) is 0 Å². The van der Waals surface area contributed by atoms with Gasteiger partial charge in [-0.2, -0.15) is 20.5 Å². The smallest absolute Gasteiger partial charge is 0.153 e. The number of aromatic hydroxyl groups is 2. The summed E-state index contributed by atoms with van der Waals surface area (Å²) in [6, 6.07) is 23.9. The molecule has 4 aromatic rings. The summed E-state index contributed by atoms with van der Waals surface area (Å²) in [5, 5.41) is 35.9. The lowest BCUT2D eigenvalue weighted by molar-refractivity contribution is 0.111. The molecule has 0 heterocycles. The molecule has 0 aliphatic heterocycles. The summed E-state index contributed by atoms with van der Waals surface area (Å²) >= 11 is 0. The fraction of sp³-hybridized carbons (Fsp3) is 0. The standard InChI is InChI=1S/C26H18N4O4/c31-15-19-5-11-23(13-25(19)33)29-27-21-7-1-17(2-8-21)18-3-9-22(10-4-18)28-30-24-12-6-20(16-32)26(34)14-24/h1-16,33-34H. The number of phenols is 2. The second-order valence-corrected chi connectivity index (χ2v) is 7.22. The molecule has 4 aromatic carbocycles. The van der Waals surface area contributed by atoms with Crippen molar-refractivity contribution < 1.29 is 19.8 Å². The van der Waals surface area contributed by atoms with Crippen LogP contribution in [0, 0.1) is 0 Å². The van der Waals surface area contributed by atoms with E-state index in [4.69, 9.17) is 0 Å². The molecule has 0 amide bonds. The maximum atomic E-state index is 10.8. The Morgan fingerprint density at radius 3 is 1.12 bits per heavy atom. The molecular weight excluding hydrogens is 432 g/mol. The number of aldehydes is 2. The minimum atomic E-state index is -0.140. The van der Waals surface area contributed by atoms with Crippen molar-refractivity contribution in [1.29, 1.82) is 0 Å². The first-order valence-corrected chi connectivity index (χ1v) is 10.2. The molecule has 8 nitrogen and oxygen atoms in total. The van der Waals surface area contributed by atoms with Crippen molar-refractivity contribution in [3.63, 3.8) is 0 Å². The highest BCUT2D eigenvalue weighted by Crippen LogP contribution is 2.29. The Bertz CT molecular complexity index is 1290. The number of nitrogens with zero attached hydrogens (tertiary/aromatic N) is 4. The van der Waals surface area contributed by atoms with Crippen LogP contribution in [0.25, 0.3) is 11.1 Å². The first kappa shape index (κ1) is 22.2. The Hall–Kier alpha value is -4.98. The van der Waals surface area contributed by atoms with Crippen LogP contribution in [0.5, 0.6) is 11.5 Å². The van der Waals surface area contributed by atoms with Gasteiger partial charge in [0.05, 0.1) is 33.9 Å². The highest BCUT2D eigenvalue weighted by Gasteiger charge is 2.03. The van der Waals surface area contributed by atoms with Gasteiger partial charge in [-0.25, -0.2) is 0 Å². The third kappa shape index (κ3) is 5.25. The van der Waals surface area contributed by atoms with Crippen LogP contribution in [0.4, 0.5) is 22.7 Å². The lowest BCUT2D eigenvalue weighted by Gasteiger charge is -2.03. The molecule has 2 N–H and O–H groups in total. The van der Waals surface area contributed by atoms with E-state index in [1.54, 1.807) is 12.1 Å². The van der Waals surface area contributed by atoms with Crippen molar-refractivity contribution in [3.8, 4) is 22.6 Å². The predicted molar refractivity (Wildman–Crippen MR) is 127 cm³/mol. The lowest BCUT2D eigenvalue weighted by atomic mass is 10.1. The van der Waals surface area contributed by atoms with E-state index in [1.807, 2.05) is 48.5 Å². The van der Waals surface area contributed by atoms with E-state index in [0.717, 1.165) is 11.1 Å². The van der Waals surface area contributed by atoms with Crippen molar-refractivity contribution in [2.45, 2.75) is 0 Å². The predicted octanol–water partition coefficient (Wildman–Crippen LogP) is 7.22. The summed E-state index contributed by atoms with van der Waals surface area (Å²) in [7, 11) is 0. The number of phenolic OH excluding ortho intramolecular Hbond substituents is 2. The molecule has 0 atom stereocenters. The summed E-state index contributed by atoms with van der Waals surface area (Å²) in [6.07, 6.45) is 1.15. The van der Waals surface area contributed by atoms with Crippen LogP contribution in [0.3, 0.4) is 0 Å². The molecule has 0 spiro atoms. The highest BCUT2D eigenvalue weighted by atomic mass is 16.3. The summed E-state index contributed by atoms with van der Waals surface area (Å²) in [6.45, 7) is 0. The van der Waals surface area contributed by atoms with Crippen molar-refractivity contribution in [2.75, 3.05) is 0 Å². The molecular formula is C26H18N4O4. The van der Waals surface area contributed by atoms with E-state index in [-0.39, 0.29) is 22.6 Å². The Balaban J connectivity index is 1.43. The molecule has 0 aliphatic carbocycles. The maximum absolute atomic E-state index is 10.8. The number of hydrogen-bond donors (Lipinski definition) is 2. The zero-order valence-electron chi connectivity index (χ0n) is 17.7. The zero-order valence-corrected chi connectivity index (χ0v) is 17.7. The van der Waals surface area contributed by atoms with Gasteiger partial charge in [0.25, 0.3) is 0 Å². The first-order chi connectivity index (χ1) is 16.6. The van der Waals surface area contributed by atoms with E-state index in [9.17, 15) is 19.8 Å². The lowest BCUT2D eigenvalue weighted by Crippen LogP contribution is -1.79. The number of azo groups is 2. The van der Waals surface area contributed by atoms with Crippen LogP contribution >= 0.6 is 0 Å². The van der Waals surface area contributed by atoms with Gasteiger partial charge in [-0.15, -0.1) is 0 Å². The van der Waals surface area contributed by atoms with E-state index < -0.39 is 0 Å². The maximum Gasteiger partial charge on any atom is 0.153 e. The molecule has 166 valence electrons. The second-order valence-electron chi connectivity index (χ2n) is 7.22. The highest BCUT2D eigenvalue weighted by molar-refractivity contribution is 5.80. The molecule has 0 saturated heterocycles. The number of carbonyl (C=O) groups excluding carboxylic acids is 2. The summed E-state index contributed by atoms with van der Waals surface area (Å²) < 4.78 is 0.